The van der Waals surface area contributed by atoms with Crippen molar-refractivity contribution in [2.45, 2.75) is 45.6 Å². The van der Waals surface area contributed by atoms with Crippen LogP contribution in [0.3, 0.4) is 0 Å². The van der Waals surface area contributed by atoms with Crippen molar-refractivity contribution in [1.82, 2.24) is 4.90 Å². The molecule has 1 aromatic heterocycles. The Bertz CT molecular complexity index is 1230. The summed E-state index contributed by atoms with van der Waals surface area (Å²) in [7, 11) is 0. The molecule has 1 aliphatic heterocycles. The molecule has 1 unspecified atom stereocenters. The van der Waals surface area contributed by atoms with Crippen LogP contribution in [0.25, 0.3) is 11.0 Å². The summed E-state index contributed by atoms with van der Waals surface area (Å²) in [6.45, 7) is 5.15. The highest BCUT2D eigenvalue weighted by Gasteiger charge is 2.44. The summed E-state index contributed by atoms with van der Waals surface area (Å²) in [5, 5.41) is 11.5. The molecular weight excluding hydrogens is 498 g/mol. The van der Waals surface area contributed by atoms with Crippen molar-refractivity contribution >= 4 is 38.6 Å². The zero-order valence-electron chi connectivity index (χ0n) is 19.3. The molecule has 7 heteroatoms. The summed E-state index contributed by atoms with van der Waals surface area (Å²) < 4.78 is 12.4. The molecule has 1 N–H and O–H groups in total. The molecule has 1 amide bonds. The van der Waals surface area contributed by atoms with Crippen molar-refractivity contribution in [3.63, 3.8) is 0 Å². The predicted octanol–water partition coefficient (Wildman–Crippen LogP) is 6.75. The average molecular weight is 526 g/mol. The lowest BCUT2D eigenvalue weighted by Crippen LogP contribution is -2.31. The molecule has 0 radical (unpaired) electrons. The van der Waals surface area contributed by atoms with Crippen LogP contribution in [0, 0.1) is 0 Å². The zero-order valence-corrected chi connectivity index (χ0v) is 20.9. The second-order valence-electron chi connectivity index (χ2n) is 8.41. The fraction of sp³-hybridized carbons (Fsp3) is 0.333. The van der Waals surface area contributed by atoms with Gasteiger partial charge in [0, 0.05) is 16.4 Å². The fourth-order valence-corrected chi connectivity index (χ4v) is 4.63. The van der Waals surface area contributed by atoms with Gasteiger partial charge in [0.1, 0.15) is 11.3 Å². The number of furan rings is 1. The van der Waals surface area contributed by atoms with Crippen LogP contribution in [0.1, 0.15) is 61.7 Å². The van der Waals surface area contributed by atoms with E-state index in [1.807, 2.05) is 43.3 Å². The molecule has 0 aliphatic carbocycles. The highest BCUT2D eigenvalue weighted by atomic mass is 79.9. The van der Waals surface area contributed by atoms with Gasteiger partial charge < -0.3 is 19.2 Å². The van der Waals surface area contributed by atoms with E-state index < -0.39 is 23.5 Å². The van der Waals surface area contributed by atoms with E-state index in [9.17, 15) is 14.7 Å². The van der Waals surface area contributed by atoms with E-state index >= 15 is 0 Å². The number of halogens is 1. The molecule has 0 spiro atoms. The summed E-state index contributed by atoms with van der Waals surface area (Å²) in [5.74, 6) is -0.752. The maximum atomic E-state index is 13.5. The van der Waals surface area contributed by atoms with E-state index in [1.54, 1.807) is 17.0 Å². The first-order valence-corrected chi connectivity index (χ1v) is 12.4. The van der Waals surface area contributed by atoms with Crippen LogP contribution in [0.5, 0.6) is 5.75 Å². The molecule has 1 aliphatic rings. The number of ether oxygens (including phenoxy) is 1. The van der Waals surface area contributed by atoms with Gasteiger partial charge in [-0.05, 0) is 54.8 Å². The van der Waals surface area contributed by atoms with Gasteiger partial charge in [0.05, 0.1) is 18.2 Å². The Morgan fingerprint density at radius 1 is 1.09 bits per heavy atom. The van der Waals surface area contributed by atoms with E-state index in [0.717, 1.165) is 40.4 Å². The summed E-state index contributed by atoms with van der Waals surface area (Å²) in [6, 6.07) is 13.8. The third kappa shape index (κ3) is 4.75. The molecule has 34 heavy (non-hydrogen) atoms. The van der Waals surface area contributed by atoms with Crippen LogP contribution in [0.2, 0.25) is 0 Å². The van der Waals surface area contributed by atoms with Crippen molar-refractivity contribution in [3.8, 4) is 5.75 Å². The molecule has 6 nitrogen and oxygen atoms in total. The quantitative estimate of drug-likeness (QED) is 0.234. The Morgan fingerprint density at radius 3 is 2.56 bits per heavy atom. The van der Waals surface area contributed by atoms with Crippen LogP contribution < -0.4 is 4.74 Å². The number of benzene rings is 2. The molecule has 2 heterocycles. The summed E-state index contributed by atoms with van der Waals surface area (Å²) in [6.07, 6.45) is 3.92. The molecule has 1 atom stereocenters. The van der Waals surface area contributed by atoms with Crippen molar-refractivity contribution in [1.29, 1.82) is 0 Å². The lowest BCUT2D eigenvalue weighted by atomic mass is 9.95. The summed E-state index contributed by atoms with van der Waals surface area (Å²) in [5.41, 5.74) is 1.32. The van der Waals surface area contributed by atoms with E-state index in [1.165, 1.54) is 0 Å². The second kappa shape index (κ2) is 10.5. The summed E-state index contributed by atoms with van der Waals surface area (Å²) >= 11 is 3.42. The molecule has 4 rings (SSSR count). The largest absolute Gasteiger partial charge is 0.503 e. The van der Waals surface area contributed by atoms with E-state index in [4.69, 9.17) is 9.15 Å². The third-order valence-corrected chi connectivity index (χ3v) is 6.42. The van der Waals surface area contributed by atoms with Crippen LogP contribution in [0.15, 0.2) is 68.8 Å². The lowest BCUT2D eigenvalue weighted by molar-refractivity contribution is -0.129. The first kappa shape index (κ1) is 24.1. The van der Waals surface area contributed by atoms with Gasteiger partial charge in [-0.15, -0.1) is 0 Å². The van der Waals surface area contributed by atoms with Crippen LogP contribution >= 0.6 is 15.9 Å². The minimum Gasteiger partial charge on any atom is -0.503 e. The third-order valence-electron chi connectivity index (χ3n) is 5.93. The van der Waals surface area contributed by atoms with Gasteiger partial charge in [0.15, 0.2) is 11.5 Å². The molecule has 0 saturated heterocycles. The Morgan fingerprint density at radius 2 is 1.85 bits per heavy atom. The molecule has 2 aromatic carbocycles. The lowest BCUT2D eigenvalue weighted by Gasteiger charge is -2.26. The number of Topliss-reactive ketones (excluding diaryl/α,β-unsaturated/α-hetero) is 1. The van der Waals surface area contributed by atoms with Crippen LogP contribution in [-0.2, 0) is 4.79 Å². The normalized spacial score (nSPS) is 16.0. The van der Waals surface area contributed by atoms with Gasteiger partial charge in [-0.1, -0.05) is 54.8 Å². The van der Waals surface area contributed by atoms with E-state index in [0.29, 0.717) is 25.2 Å². The molecular formula is C27H28BrNO5. The SMILES string of the molecule is CCCCCOc1ccc(C2C(C(=O)c3cc4cc(Br)ccc4o3)=C(O)C(=O)N2CCC)cc1. The number of carbonyl (C=O) groups excluding carboxylic acids is 2. The Balaban J connectivity index is 1.66. The highest BCUT2D eigenvalue weighted by Crippen LogP contribution is 2.40. The monoisotopic (exact) mass is 525 g/mol. The number of aliphatic hydroxyl groups excluding tert-OH is 1. The average Bonchev–Trinajstić information content (AvgIpc) is 3.36. The smallest absolute Gasteiger partial charge is 0.290 e. The van der Waals surface area contributed by atoms with Gasteiger partial charge in [-0.3, -0.25) is 9.59 Å². The Hall–Kier alpha value is -3.06. The molecule has 3 aromatic rings. The standard InChI is InChI=1S/C27H28BrNO5/c1-3-5-6-14-33-20-10-7-17(8-11-20)24-23(26(31)27(32)29(24)13-4-2)25(30)22-16-18-15-19(28)9-12-21(18)34-22/h7-12,15-16,24,31H,3-6,13-14H2,1-2H3. The number of ketones is 1. The first-order valence-electron chi connectivity index (χ1n) is 11.6. The maximum absolute atomic E-state index is 13.5. The van der Waals surface area contributed by atoms with Crippen LogP contribution in [0.4, 0.5) is 0 Å². The van der Waals surface area contributed by atoms with E-state index in [2.05, 4.69) is 22.9 Å². The number of rotatable bonds is 10. The van der Waals surface area contributed by atoms with Crippen molar-refractivity contribution in [3.05, 3.63) is 75.7 Å². The molecule has 0 fully saturated rings. The van der Waals surface area contributed by atoms with Crippen molar-refractivity contribution in [2.75, 3.05) is 13.2 Å². The van der Waals surface area contributed by atoms with E-state index in [-0.39, 0.29) is 11.3 Å². The number of hydrogen-bond donors (Lipinski definition) is 1. The minimum absolute atomic E-state index is 0.0354. The number of aliphatic hydroxyl groups is 1. The topological polar surface area (TPSA) is 80.0 Å². The Labute approximate surface area is 207 Å². The number of hydrogen-bond acceptors (Lipinski definition) is 5. The first-order chi connectivity index (χ1) is 16.4. The molecule has 178 valence electrons. The number of fused-ring (bicyclic) bond motifs is 1. The van der Waals surface area contributed by atoms with Crippen molar-refractivity contribution in [2.24, 2.45) is 0 Å². The fourth-order valence-electron chi connectivity index (χ4n) is 4.25. The maximum Gasteiger partial charge on any atom is 0.290 e. The van der Waals surface area contributed by atoms with Gasteiger partial charge in [-0.25, -0.2) is 0 Å². The zero-order chi connectivity index (χ0) is 24.2. The van der Waals surface area contributed by atoms with Gasteiger partial charge >= 0.3 is 0 Å². The summed E-state index contributed by atoms with van der Waals surface area (Å²) in [4.78, 5) is 28.0. The van der Waals surface area contributed by atoms with Gasteiger partial charge in [0.2, 0.25) is 5.78 Å². The molecule has 0 saturated carbocycles. The predicted molar refractivity (Wildman–Crippen MR) is 134 cm³/mol. The number of unbranched alkanes of at least 4 members (excludes halogenated alkanes) is 2. The van der Waals surface area contributed by atoms with Crippen molar-refractivity contribution < 1.29 is 23.8 Å². The number of nitrogens with zero attached hydrogens (tertiary/aromatic N) is 1. The molecule has 0 bridgehead atoms. The van der Waals surface area contributed by atoms with Gasteiger partial charge in [0.25, 0.3) is 5.91 Å². The Kier molecular flexibility index (Phi) is 7.41. The second-order valence-corrected chi connectivity index (χ2v) is 9.33. The van der Waals surface area contributed by atoms with Gasteiger partial charge in [-0.2, -0.15) is 0 Å². The minimum atomic E-state index is -0.700. The van der Waals surface area contributed by atoms with Crippen LogP contribution in [-0.4, -0.2) is 34.8 Å². The highest BCUT2D eigenvalue weighted by molar-refractivity contribution is 9.10. The number of carbonyl (C=O) groups is 2. The number of amides is 1.